The number of amides is 1. The fourth-order valence-corrected chi connectivity index (χ4v) is 0.849. The van der Waals surface area contributed by atoms with E-state index in [1.807, 2.05) is 0 Å². The van der Waals surface area contributed by atoms with Crippen LogP contribution in [-0.4, -0.2) is 45.4 Å². The average Bonchev–Trinajstić information content (AvgIpc) is 2.12. The summed E-state index contributed by atoms with van der Waals surface area (Å²) in [7, 11) is 3.70. The summed E-state index contributed by atoms with van der Waals surface area (Å²) in [5.74, 6) is -1.48. The number of primary amides is 1. The maximum Gasteiger partial charge on any atom is 0.338 e. The Morgan fingerprint density at radius 3 is 1.77 bits per heavy atom. The minimum absolute atomic E-state index is 0.701. The lowest BCUT2D eigenvalue weighted by molar-refractivity contribution is -0.165. The van der Waals surface area contributed by atoms with Crippen LogP contribution in [0.25, 0.3) is 0 Å². The van der Waals surface area contributed by atoms with Gasteiger partial charge >= 0.3 is 5.97 Å². The largest absolute Gasteiger partial charge is 0.467 e. The topological polar surface area (TPSA) is 87.8 Å². The number of carbonyl (C=O) groups is 2. The van der Waals surface area contributed by atoms with E-state index in [4.69, 9.17) is 10.5 Å². The van der Waals surface area contributed by atoms with Crippen LogP contribution in [0.4, 0.5) is 0 Å². The SMILES string of the molecule is COC(=O)[C@H](OC)[C@@H](OC)C(N)=O. The van der Waals surface area contributed by atoms with Crippen LogP contribution in [0.2, 0.25) is 0 Å². The Morgan fingerprint density at radius 1 is 1.08 bits per heavy atom. The zero-order valence-corrected chi connectivity index (χ0v) is 7.77. The zero-order valence-electron chi connectivity index (χ0n) is 7.77. The smallest absolute Gasteiger partial charge is 0.338 e. The van der Waals surface area contributed by atoms with Crippen molar-refractivity contribution in [3.63, 3.8) is 0 Å². The lowest BCUT2D eigenvalue weighted by Gasteiger charge is -2.19. The molecule has 0 bridgehead atoms. The Morgan fingerprint density at radius 2 is 1.54 bits per heavy atom. The standard InChI is InChI=1S/C7H13NO5/c1-11-4(6(8)9)5(12-2)7(10)13-3/h4-5H,1-3H3,(H2,8,9)/t4-,5-/m1/s1. The van der Waals surface area contributed by atoms with E-state index in [0.717, 1.165) is 0 Å². The predicted molar refractivity (Wildman–Crippen MR) is 42.8 cm³/mol. The summed E-state index contributed by atoms with van der Waals surface area (Å²) in [6.07, 6.45) is -2.25. The Hall–Kier alpha value is -1.14. The maximum absolute atomic E-state index is 11.0. The lowest BCUT2D eigenvalue weighted by Crippen LogP contribution is -2.46. The first-order valence-electron chi connectivity index (χ1n) is 3.51. The van der Waals surface area contributed by atoms with E-state index in [2.05, 4.69) is 9.47 Å². The van der Waals surface area contributed by atoms with E-state index < -0.39 is 24.1 Å². The molecular weight excluding hydrogens is 178 g/mol. The minimum atomic E-state index is -1.13. The van der Waals surface area contributed by atoms with E-state index in [1.165, 1.54) is 21.3 Å². The molecule has 0 aromatic carbocycles. The molecule has 0 aliphatic carbocycles. The molecule has 0 fully saturated rings. The van der Waals surface area contributed by atoms with Crippen LogP contribution >= 0.6 is 0 Å². The molecule has 76 valence electrons. The molecule has 6 heteroatoms. The molecule has 0 aromatic rings. The normalized spacial score (nSPS) is 14.7. The van der Waals surface area contributed by atoms with Crippen LogP contribution in [0, 0.1) is 0 Å². The molecule has 0 radical (unpaired) electrons. The summed E-state index contributed by atoms with van der Waals surface area (Å²) in [6.45, 7) is 0. The van der Waals surface area contributed by atoms with Gasteiger partial charge in [-0.15, -0.1) is 0 Å². The summed E-state index contributed by atoms with van der Waals surface area (Å²) >= 11 is 0. The van der Waals surface area contributed by atoms with Crippen LogP contribution in [-0.2, 0) is 23.8 Å². The molecular formula is C7H13NO5. The summed E-state index contributed by atoms with van der Waals surface area (Å²) < 4.78 is 13.8. The molecule has 0 rings (SSSR count). The van der Waals surface area contributed by atoms with E-state index in [1.54, 1.807) is 0 Å². The van der Waals surface area contributed by atoms with Gasteiger partial charge in [-0.3, -0.25) is 4.79 Å². The van der Waals surface area contributed by atoms with Crippen LogP contribution in [0.3, 0.4) is 0 Å². The van der Waals surface area contributed by atoms with Gasteiger partial charge in [0.25, 0.3) is 0 Å². The second kappa shape index (κ2) is 5.50. The van der Waals surface area contributed by atoms with Crippen LogP contribution in [0.15, 0.2) is 0 Å². The van der Waals surface area contributed by atoms with Crippen LogP contribution < -0.4 is 5.73 Å². The van der Waals surface area contributed by atoms with E-state index >= 15 is 0 Å². The van der Waals surface area contributed by atoms with Gasteiger partial charge in [0.1, 0.15) is 0 Å². The van der Waals surface area contributed by atoms with E-state index in [9.17, 15) is 9.59 Å². The molecule has 0 spiro atoms. The highest BCUT2D eigenvalue weighted by Gasteiger charge is 2.33. The van der Waals surface area contributed by atoms with Gasteiger partial charge in [0.2, 0.25) is 5.91 Å². The van der Waals surface area contributed by atoms with Gasteiger partial charge in [0.15, 0.2) is 12.2 Å². The summed E-state index contributed by atoms with van der Waals surface area (Å²) in [4.78, 5) is 21.8. The van der Waals surface area contributed by atoms with Gasteiger partial charge < -0.3 is 19.9 Å². The fourth-order valence-electron chi connectivity index (χ4n) is 0.849. The summed E-state index contributed by atoms with van der Waals surface area (Å²) in [6, 6.07) is 0. The van der Waals surface area contributed by atoms with Gasteiger partial charge in [-0.1, -0.05) is 0 Å². The Balaban J connectivity index is 4.52. The van der Waals surface area contributed by atoms with Crippen molar-refractivity contribution in [2.45, 2.75) is 12.2 Å². The molecule has 6 nitrogen and oxygen atoms in total. The van der Waals surface area contributed by atoms with Gasteiger partial charge in [-0.2, -0.15) is 0 Å². The quantitative estimate of drug-likeness (QED) is 0.544. The molecule has 1 amide bonds. The van der Waals surface area contributed by atoms with Crippen molar-refractivity contribution in [3.05, 3.63) is 0 Å². The van der Waals surface area contributed by atoms with Crippen molar-refractivity contribution in [2.75, 3.05) is 21.3 Å². The third-order valence-corrected chi connectivity index (χ3v) is 1.50. The first-order valence-corrected chi connectivity index (χ1v) is 3.51. The second-order valence-corrected chi connectivity index (χ2v) is 2.24. The lowest BCUT2D eigenvalue weighted by atomic mass is 10.2. The number of esters is 1. The van der Waals surface area contributed by atoms with Gasteiger partial charge in [-0.05, 0) is 0 Å². The highest BCUT2D eigenvalue weighted by atomic mass is 16.6. The second-order valence-electron chi connectivity index (χ2n) is 2.24. The third-order valence-electron chi connectivity index (χ3n) is 1.50. The van der Waals surface area contributed by atoms with Crippen molar-refractivity contribution in [1.29, 1.82) is 0 Å². The highest BCUT2D eigenvalue weighted by Crippen LogP contribution is 2.03. The van der Waals surface area contributed by atoms with E-state index in [0.29, 0.717) is 0 Å². The number of hydrogen-bond donors (Lipinski definition) is 1. The average molecular weight is 191 g/mol. The number of rotatable bonds is 5. The first-order chi connectivity index (χ1) is 6.08. The molecule has 0 aromatic heterocycles. The number of methoxy groups -OCH3 is 3. The zero-order chi connectivity index (χ0) is 10.4. The molecule has 0 aliphatic heterocycles. The molecule has 0 heterocycles. The summed E-state index contributed by atoms with van der Waals surface area (Å²) in [5, 5.41) is 0. The third kappa shape index (κ3) is 3.00. The first kappa shape index (κ1) is 11.9. The Kier molecular flexibility index (Phi) is 5.01. The van der Waals surface area contributed by atoms with Crippen molar-refractivity contribution in [2.24, 2.45) is 5.73 Å². The Bertz CT molecular complexity index is 193. The molecule has 0 unspecified atom stereocenters. The van der Waals surface area contributed by atoms with Crippen molar-refractivity contribution < 1.29 is 23.8 Å². The van der Waals surface area contributed by atoms with E-state index in [-0.39, 0.29) is 0 Å². The van der Waals surface area contributed by atoms with Gasteiger partial charge in [-0.25, -0.2) is 4.79 Å². The van der Waals surface area contributed by atoms with Crippen molar-refractivity contribution >= 4 is 11.9 Å². The predicted octanol–water partition coefficient (Wildman–Crippen LogP) is -1.33. The molecule has 2 atom stereocenters. The summed E-state index contributed by atoms with van der Waals surface area (Å²) in [5.41, 5.74) is 4.96. The van der Waals surface area contributed by atoms with Crippen molar-refractivity contribution in [1.82, 2.24) is 0 Å². The molecule has 0 saturated heterocycles. The number of nitrogens with two attached hydrogens (primary N) is 1. The van der Waals surface area contributed by atoms with Gasteiger partial charge in [0, 0.05) is 14.2 Å². The molecule has 0 aliphatic rings. The number of hydrogen-bond acceptors (Lipinski definition) is 5. The van der Waals surface area contributed by atoms with Gasteiger partial charge in [0.05, 0.1) is 7.11 Å². The van der Waals surface area contributed by atoms with Crippen LogP contribution in [0.5, 0.6) is 0 Å². The minimum Gasteiger partial charge on any atom is -0.467 e. The number of carbonyl (C=O) groups excluding carboxylic acids is 2. The Labute approximate surface area is 75.9 Å². The van der Waals surface area contributed by atoms with Crippen LogP contribution in [0.1, 0.15) is 0 Å². The monoisotopic (exact) mass is 191 g/mol. The molecule has 0 saturated carbocycles. The molecule has 13 heavy (non-hydrogen) atoms. The molecule has 2 N–H and O–H groups in total. The fraction of sp³-hybridized carbons (Fsp3) is 0.714. The number of ether oxygens (including phenoxy) is 3. The maximum atomic E-state index is 11.0. The van der Waals surface area contributed by atoms with Crippen molar-refractivity contribution in [3.8, 4) is 0 Å². The highest BCUT2D eigenvalue weighted by molar-refractivity contribution is 5.87.